The van der Waals surface area contributed by atoms with E-state index in [4.69, 9.17) is 0 Å². The molecule has 0 aliphatic heterocycles. The van der Waals surface area contributed by atoms with Gasteiger partial charge in [-0.25, -0.2) is 4.39 Å². The molecule has 2 nitrogen and oxygen atoms in total. The van der Waals surface area contributed by atoms with Crippen molar-refractivity contribution in [3.05, 3.63) is 0 Å². The lowest BCUT2D eigenvalue weighted by Gasteiger charge is -2.35. The monoisotopic (exact) mass is 485 g/mol. The van der Waals surface area contributed by atoms with Crippen molar-refractivity contribution in [1.82, 2.24) is 0 Å². The first kappa shape index (κ1) is 27.4. The van der Waals surface area contributed by atoms with Gasteiger partial charge in [-0.05, 0) is 32.8 Å². The summed E-state index contributed by atoms with van der Waals surface area (Å²) in [5, 5.41) is 0. The molecule has 0 bridgehead atoms. The molecule has 0 radical (unpaired) electrons. The van der Waals surface area contributed by atoms with Crippen LogP contribution in [0.2, 0.25) is 0 Å². The van der Waals surface area contributed by atoms with Gasteiger partial charge in [0.15, 0.2) is 0 Å². The van der Waals surface area contributed by atoms with Crippen molar-refractivity contribution in [2.75, 3.05) is 5.75 Å². The maximum absolute atomic E-state index is 13.6. The Kier molecular flexibility index (Phi) is 8.10. The third-order valence-corrected chi connectivity index (χ3v) is 4.87. The van der Waals surface area contributed by atoms with E-state index >= 15 is 0 Å². The fourth-order valence-electron chi connectivity index (χ4n) is 2.11. The molecule has 0 aromatic rings. The third kappa shape index (κ3) is 7.68. The minimum Gasteiger partial charge on any atom is -0.769 e. The van der Waals surface area contributed by atoms with E-state index in [1.54, 1.807) is 0 Å². The van der Waals surface area contributed by atoms with E-state index in [9.17, 15) is 65.8 Å². The van der Waals surface area contributed by atoms with E-state index < -0.39 is 76.0 Å². The van der Waals surface area contributed by atoms with Gasteiger partial charge in [-0.1, -0.05) is 0 Å². The highest BCUT2D eigenvalue weighted by atomic mass is 32.8. The van der Waals surface area contributed by atoms with Gasteiger partial charge in [0, 0.05) is 12.2 Å². The van der Waals surface area contributed by atoms with Crippen LogP contribution in [-0.2, 0) is 20.0 Å². The normalized spacial score (nSPS) is 19.2. The summed E-state index contributed by atoms with van der Waals surface area (Å²) in [6, 6.07) is 0. The van der Waals surface area contributed by atoms with E-state index in [2.05, 4.69) is 11.2 Å². The first-order valence-electron chi connectivity index (χ1n) is 6.81. The zero-order valence-corrected chi connectivity index (χ0v) is 14.7. The molecule has 0 N–H and O–H groups in total. The van der Waals surface area contributed by atoms with Gasteiger partial charge in [0.25, 0.3) is 5.67 Å². The van der Waals surface area contributed by atoms with Crippen LogP contribution in [0.4, 0.5) is 57.1 Å². The molecule has 0 saturated heterocycles. The summed E-state index contributed by atoms with van der Waals surface area (Å²) in [5.74, 6) is -8.83. The average molecular weight is 485 g/mol. The lowest BCUT2D eigenvalue weighted by Crippen LogP contribution is -2.55. The highest BCUT2D eigenvalue weighted by molar-refractivity contribution is 8.29. The van der Waals surface area contributed by atoms with E-state index in [-0.39, 0.29) is 0 Å². The average Bonchev–Trinajstić information content (AvgIpc) is 2.35. The molecule has 0 rings (SSSR count). The number of halogens is 13. The largest absolute Gasteiger partial charge is 0.769 e. The molecule has 0 aromatic heterocycles. The molecule has 17 heteroatoms. The summed E-state index contributed by atoms with van der Waals surface area (Å²) in [5.41, 5.74) is -6.43. The summed E-state index contributed by atoms with van der Waals surface area (Å²) in [6.45, 7) is 0. The Hall–Kier alpha value is -0.580. The predicted molar refractivity (Wildman–Crippen MR) is 70.0 cm³/mol. The molecule has 3 atom stereocenters. The van der Waals surface area contributed by atoms with Gasteiger partial charge < -0.3 is 4.55 Å². The Morgan fingerprint density at radius 1 is 0.750 bits per heavy atom. The Balaban J connectivity index is 5.97. The Morgan fingerprint density at radius 3 is 1.36 bits per heavy atom. The molecule has 0 fully saturated rings. The first-order valence-corrected chi connectivity index (χ1v) is 9.39. The molecule has 0 amide bonds. The number of hydrogen-bond acceptors (Lipinski definition) is 3. The van der Waals surface area contributed by atoms with E-state index in [1.807, 2.05) is 0 Å². The number of alkyl halides is 13. The smallest absolute Gasteiger partial charge is 0.431 e. The Morgan fingerprint density at radius 2 is 1.11 bits per heavy atom. The van der Waals surface area contributed by atoms with Gasteiger partial charge in [-0.2, -0.15) is 52.7 Å². The molecule has 0 aliphatic carbocycles. The predicted octanol–water partition coefficient (Wildman–Crippen LogP) is 5.22. The van der Waals surface area contributed by atoms with Crippen molar-refractivity contribution in [2.45, 2.75) is 49.6 Å². The molecule has 0 aliphatic rings. The Bertz CT molecular complexity index is 600. The molecule has 170 valence electrons. The first-order chi connectivity index (χ1) is 11.9. The van der Waals surface area contributed by atoms with Crippen molar-refractivity contribution < 1.29 is 65.8 Å². The van der Waals surface area contributed by atoms with Crippen molar-refractivity contribution in [3.8, 4) is 0 Å². The second-order valence-electron chi connectivity index (χ2n) is 5.76. The van der Waals surface area contributed by atoms with Crippen LogP contribution in [0.5, 0.6) is 0 Å². The molecule has 0 saturated carbocycles. The molecular formula is C11H10F13O2S2-. The molecule has 3 unspecified atom stereocenters. The molecule has 0 spiro atoms. The summed E-state index contributed by atoms with van der Waals surface area (Å²) >= 11 is 3.72. The van der Waals surface area contributed by atoms with Crippen LogP contribution < -0.4 is 0 Å². The summed E-state index contributed by atoms with van der Waals surface area (Å²) in [6.07, 6.45) is -33.0. The lowest BCUT2D eigenvalue weighted by molar-refractivity contribution is -0.353. The zero-order valence-electron chi connectivity index (χ0n) is 13.0. The van der Waals surface area contributed by atoms with Crippen LogP contribution in [0.1, 0.15) is 19.3 Å². The van der Waals surface area contributed by atoms with Gasteiger partial charge in [-0.15, -0.1) is 0 Å². The van der Waals surface area contributed by atoms with Crippen molar-refractivity contribution in [3.63, 3.8) is 0 Å². The zero-order chi connectivity index (χ0) is 23.0. The third-order valence-electron chi connectivity index (χ3n) is 3.64. The standard InChI is InChI=1S/C11H11F13O2S2/c12-7(10(19,20)21,11(22,23)24)4-6(9(16,17)18)3-5(8(13,14)15)1-2-28(25,26)27/h5-6H,1-4H2,(H,25,26,27)/p-1. The van der Waals surface area contributed by atoms with Gasteiger partial charge >= 0.3 is 24.7 Å². The summed E-state index contributed by atoms with van der Waals surface area (Å²) in [4.78, 5) is 0. The maximum atomic E-state index is 13.6. The number of rotatable bonds is 7. The fourth-order valence-corrected chi connectivity index (χ4v) is 2.97. The van der Waals surface area contributed by atoms with Crippen LogP contribution >= 0.6 is 0 Å². The van der Waals surface area contributed by atoms with E-state index in [0.717, 1.165) is 0 Å². The second kappa shape index (κ2) is 8.28. The molecular weight excluding hydrogens is 475 g/mol. The van der Waals surface area contributed by atoms with E-state index in [0.29, 0.717) is 0 Å². The Labute approximate surface area is 153 Å². The maximum Gasteiger partial charge on any atom is 0.431 e. The fraction of sp³-hybridized carbons (Fsp3) is 1.00. The summed E-state index contributed by atoms with van der Waals surface area (Å²) in [7, 11) is -4.56. The van der Waals surface area contributed by atoms with Crippen LogP contribution in [-0.4, -0.2) is 44.9 Å². The SMILES string of the molecule is O=S([O-])(=S)CCC(CC(CC(F)(C(F)(F)F)C(F)(F)F)C(F)(F)F)C(F)(F)F. The second-order valence-corrected chi connectivity index (χ2v) is 8.81. The molecule has 0 heterocycles. The van der Waals surface area contributed by atoms with Gasteiger partial charge in [0.05, 0.1) is 11.8 Å². The van der Waals surface area contributed by atoms with Crippen LogP contribution in [0.15, 0.2) is 0 Å². The minimum absolute atomic E-state index is 1.52. The van der Waals surface area contributed by atoms with E-state index in [1.165, 1.54) is 0 Å². The minimum atomic E-state index is -6.90. The quantitative estimate of drug-likeness (QED) is 0.465. The van der Waals surface area contributed by atoms with Crippen molar-refractivity contribution >= 4 is 20.0 Å². The van der Waals surface area contributed by atoms with Crippen molar-refractivity contribution in [1.29, 1.82) is 0 Å². The lowest BCUT2D eigenvalue weighted by atomic mass is 9.83. The van der Waals surface area contributed by atoms with Crippen molar-refractivity contribution in [2.24, 2.45) is 11.8 Å². The number of hydrogen-bond donors (Lipinski definition) is 0. The summed E-state index contributed by atoms with van der Waals surface area (Å²) < 4.78 is 187. The molecule has 0 aromatic carbocycles. The van der Waals surface area contributed by atoms with Gasteiger partial charge in [0.2, 0.25) is 0 Å². The molecule has 28 heavy (non-hydrogen) atoms. The highest BCUT2D eigenvalue weighted by Crippen LogP contribution is 2.53. The van der Waals surface area contributed by atoms with Crippen LogP contribution in [0.25, 0.3) is 0 Å². The topological polar surface area (TPSA) is 40.1 Å². The van der Waals surface area contributed by atoms with Crippen LogP contribution in [0.3, 0.4) is 0 Å². The van der Waals surface area contributed by atoms with Crippen LogP contribution in [0, 0.1) is 11.8 Å². The van der Waals surface area contributed by atoms with Gasteiger partial charge in [0.1, 0.15) is 0 Å². The highest BCUT2D eigenvalue weighted by Gasteiger charge is 2.74. The van der Waals surface area contributed by atoms with Gasteiger partial charge in [-0.3, -0.25) is 4.21 Å².